The molecule has 33 heavy (non-hydrogen) atoms. The van der Waals surface area contributed by atoms with Gasteiger partial charge in [-0.3, -0.25) is 4.90 Å². The number of hydrogen-bond acceptors (Lipinski definition) is 6. The number of ether oxygens (including phenoxy) is 2. The summed E-state index contributed by atoms with van der Waals surface area (Å²) in [7, 11) is 0. The van der Waals surface area contributed by atoms with Crippen LogP contribution >= 0.6 is 0 Å². The Labute approximate surface area is 198 Å². The maximum Gasteiger partial charge on any atom is 0.276 e. The molecule has 1 unspecified atom stereocenters. The summed E-state index contributed by atoms with van der Waals surface area (Å²) in [5.41, 5.74) is 2.89. The Morgan fingerprint density at radius 3 is 2.70 bits per heavy atom. The lowest BCUT2D eigenvalue weighted by atomic mass is 10.1. The van der Waals surface area contributed by atoms with Gasteiger partial charge in [-0.2, -0.15) is 4.98 Å². The molecule has 1 aliphatic carbocycles. The van der Waals surface area contributed by atoms with Gasteiger partial charge in [0.2, 0.25) is 10.8 Å². The number of aromatic nitrogens is 1. The van der Waals surface area contributed by atoms with Crippen molar-refractivity contribution >= 4 is 11.4 Å². The van der Waals surface area contributed by atoms with Crippen LogP contribution in [-0.2, 0) is 17.9 Å². The van der Waals surface area contributed by atoms with Crippen LogP contribution in [0.1, 0.15) is 42.4 Å². The fourth-order valence-electron chi connectivity index (χ4n) is 4.54. The molecule has 0 radical (unpaired) electrons. The van der Waals surface area contributed by atoms with E-state index in [9.17, 15) is 8.94 Å². The molecule has 2 aromatic rings. The van der Waals surface area contributed by atoms with E-state index in [1.807, 2.05) is 29.4 Å². The standard InChI is InChI=1S/C25H32FN3O3S/c1-18-5-3-4-6-20(18)16-29-17-25(9-10-25)32-24-22(33(29)30)15-19(2)23(27-24)31-14-13-28-11-7-21(26)8-12-28/h3-6,15,21H,7-14,16-17H2,1-2H3. The van der Waals surface area contributed by atoms with Gasteiger partial charge in [0.1, 0.15) is 18.4 Å². The van der Waals surface area contributed by atoms with Gasteiger partial charge >= 0.3 is 0 Å². The highest BCUT2D eigenvalue weighted by molar-refractivity contribution is 7.89. The second kappa shape index (κ2) is 9.41. The van der Waals surface area contributed by atoms with Crippen molar-refractivity contribution in [1.82, 2.24) is 14.2 Å². The molecule has 3 heterocycles. The predicted molar refractivity (Wildman–Crippen MR) is 126 cm³/mol. The Morgan fingerprint density at radius 2 is 1.97 bits per heavy atom. The normalized spacial score (nSPS) is 23.1. The summed E-state index contributed by atoms with van der Waals surface area (Å²) in [6.07, 6.45) is 2.39. The predicted octanol–water partition coefficient (Wildman–Crippen LogP) is 3.96. The number of piperidine rings is 1. The average molecular weight is 474 g/mol. The van der Waals surface area contributed by atoms with E-state index in [0.717, 1.165) is 38.0 Å². The molecule has 1 aromatic heterocycles. The van der Waals surface area contributed by atoms with Crippen molar-refractivity contribution in [3.05, 3.63) is 47.0 Å². The van der Waals surface area contributed by atoms with Gasteiger partial charge in [0, 0.05) is 31.3 Å². The zero-order valence-corrected chi connectivity index (χ0v) is 20.2. The molecule has 3 aliphatic rings. The van der Waals surface area contributed by atoms with Crippen LogP contribution in [0.2, 0.25) is 0 Å². The number of halogens is 1. The number of alkyl halides is 1. The van der Waals surface area contributed by atoms with Crippen molar-refractivity contribution in [2.24, 2.45) is 0 Å². The topological polar surface area (TPSA) is 60.9 Å². The molecule has 178 valence electrons. The third kappa shape index (κ3) is 5.14. The van der Waals surface area contributed by atoms with Crippen LogP contribution in [0.4, 0.5) is 4.39 Å². The van der Waals surface area contributed by atoms with E-state index in [0.29, 0.717) is 49.2 Å². The minimum atomic E-state index is -1.37. The Kier molecular flexibility index (Phi) is 6.53. The largest absolute Gasteiger partial charge is 0.593 e. The minimum Gasteiger partial charge on any atom is -0.593 e. The van der Waals surface area contributed by atoms with Crippen molar-refractivity contribution < 1.29 is 18.4 Å². The van der Waals surface area contributed by atoms with E-state index in [1.165, 1.54) is 11.1 Å². The Hall–Kier alpha value is -1.87. The van der Waals surface area contributed by atoms with Gasteiger partial charge in [0.05, 0.1) is 24.5 Å². The zero-order chi connectivity index (χ0) is 23.0. The number of rotatable bonds is 6. The average Bonchev–Trinajstić information content (AvgIpc) is 3.57. The first-order valence-electron chi connectivity index (χ1n) is 11.8. The third-order valence-corrected chi connectivity index (χ3v) is 8.27. The summed E-state index contributed by atoms with van der Waals surface area (Å²) >= 11 is -1.37. The molecular formula is C25H32FN3O3S. The Bertz CT molecular complexity index is 995. The van der Waals surface area contributed by atoms with Crippen molar-refractivity contribution in [3.63, 3.8) is 0 Å². The summed E-state index contributed by atoms with van der Waals surface area (Å²) in [4.78, 5) is 7.51. The Balaban J connectivity index is 1.31. The number of aryl methyl sites for hydroxylation is 2. The second-order valence-corrected chi connectivity index (χ2v) is 11.0. The molecule has 2 fully saturated rings. The molecule has 8 heteroatoms. The summed E-state index contributed by atoms with van der Waals surface area (Å²) in [6, 6.07) is 10.1. The maximum absolute atomic E-state index is 13.6. The van der Waals surface area contributed by atoms with E-state index in [1.54, 1.807) is 0 Å². The molecular weight excluding hydrogens is 441 g/mol. The van der Waals surface area contributed by atoms with E-state index in [-0.39, 0.29) is 5.60 Å². The molecule has 0 bridgehead atoms. The fourth-order valence-corrected chi connectivity index (χ4v) is 5.95. The van der Waals surface area contributed by atoms with Gasteiger partial charge in [-0.25, -0.2) is 4.39 Å². The molecule has 1 saturated carbocycles. The third-order valence-electron chi connectivity index (χ3n) is 6.88. The molecule has 6 nitrogen and oxygen atoms in total. The van der Waals surface area contributed by atoms with Crippen LogP contribution in [-0.4, -0.2) is 63.3 Å². The van der Waals surface area contributed by atoms with Gasteiger partial charge < -0.3 is 14.0 Å². The Morgan fingerprint density at radius 1 is 1.21 bits per heavy atom. The van der Waals surface area contributed by atoms with Crippen LogP contribution in [0.3, 0.4) is 0 Å². The van der Waals surface area contributed by atoms with Crippen LogP contribution < -0.4 is 9.47 Å². The first-order chi connectivity index (χ1) is 15.9. The van der Waals surface area contributed by atoms with Crippen molar-refractivity contribution in [1.29, 1.82) is 0 Å². The lowest BCUT2D eigenvalue weighted by molar-refractivity contribution is 0.127. The molecule has 5 rings (SSSR count). The number of hydrogen-bond donors (Lipinski definition) is 0. The van der Waals surface area contributed by atoms with E-state index < -0.39 is 17.5 Å². The summed E-state index contributed by atoms with van der Waals surface area (Å²) in [5.74, 6) is 0.950. The van der Waals surface area contributed by atoms with E-state index >= 15 is 0 Å². The highest BCUT2D eigenvalue weighted by Gasteiger charge is 2.53. The van der Waals surface area contributed by atoms with Gasteiger partial charge in [-0.05, 0) is 50.7 Å². The minimum absolute atomic E-state index is 0.320. The summed E-state index contributed by atoms with van der Waals surface area (Å²) < 4.78 is 41.3. The van der Waals surface area contributed by atoms with Crippen molar-refractivity contribution in [3.8, 4) is 11.8 Å². The maximum atomic E-state index is 13.6. The van der Waals surface area contributed by atoms with Crippen molar-refractivity contribution in [2.75, 3.05) is 32.8 Å². The highest BCUT2D eigenvalue weighted by Crippen LogP contribution is 2.46. The molecule has 1 atom stereocenters. The number of fused-ring (bicyclic) bond motifs is 1. The molecule has 1 saturated heterocycles. The second-order valence-electron chi connectivity index (χ2n) is 9.54. The van der Waals surface area contributed by atoms with Crippen molar-refractivity contribution in [2.45, 2.75) is 62.7 Å². The van der Waals surface area contributed by atoms with Crippen LogP contribution in [0.5, 0.6) is 11.8 Å². The molecule has 1 aromatic carbocycles. The van der Waals surface area contributed by atoms with E-state index in [4.69, 9.17) is 9.47 Å². The van der Waals surface area contributed by atoms with E-state index in [2.05, 4.69) is 28.9 Å². The summed E-state index contributed by atoms with van der Waals surface area (Å²) in [6.45, 7) is 8.00. The lowest BCUT2D eigenvalue weighted by Crippen LogP contribution is -2.38. The number of benzene rings is 1. The smallest absolute Gasteiger partial charge is 0.276 e. The van der Waals surface area contributed by atoms with Gasteiger partial charge in [0.15, 0.2) is 0 Å². The lowest BCUT2D eigenvalue weighted by Gasteiger charge is -2.28. The van der Waals surface area contributed by atoms with Crippen LogP contribution in [0.15, 0.2) is 35.2 Å². The highest BCUT2D eigenvalue weighted by atomic mass is 32.2. The van der Waals surface area contributed by atoms with Gasteiger partial charge in [-0.15, -0.1) is 4.31 Å². The summed E-state index contributed by atoms with van der Waals surface area (Å²) in [5, 5.41) is 0. The molecule has 2 aliphatic heterocycles. The first kappa shape index (κ1) is 22.9. The van der Waals surface area contributed by atoms with Crippen LogP contribution in [0, 0.1) is 13.8 Å². The SMILES string of the molecule is Cc1ccccc1CN1CC2(CC2)Oc2nc(OCCN3CCC(F)CC3)c(C)cc2[S+]1[O-]. The first-order valence-corrected chi connectivity index (χ1v) is 12.9. The quantitative estimate of drug-likeness (QED) is 0.592. The monoisotopic (exact) mass is 473 g/mol. The number of nitrogens with zero attached hydrogens (tertiary/aromatic N) is 3. The molecule has 1 spiro atoms. The van der Waals surface area contributed by atoms with Gasteiger partial charge in [-0.1, -0.05) is 24.3 Å². The van der Waals surface area contributed by atoms with Crippen LogP contribution in [0.25, 0.3) is 0 Å². The zero-order valence-electron chi connectivity index (χ0n) is 19.4. The fraction of sp³-hybridized carbons (Fsp3) is 0.560. The number of likely N-dealkylation sites (tertiary alicyclic amines) is 1. The van der Waals surface area contributed by atoms with Gasteiger partial charge in [0.25, 0.3) is 5.88 Å². The molecule has 0 N–H and O–H groups in total. The molecule has 0 amide bonds. The number of pyridine rings is 1.